The first-order valence-electron chi connectivity index (χ1n) is 7.96. The van der Waals surface area contributed by atoms with E-state index in [1.165, 1.54) is 25.0 Å². The third-order valence-corrected chi connectivity index (χ3v) is 4.51. The minimum absolute atomic E-state index is 0.181. The Kier molecular flexibility index (Phi) is 3.58. The number of halogens is 1. The van der Waals surface area contributed by atoms with E-state index in [9.17, 15) is 4.39 Å². The van der Waals surface area contributed by atoms with Crippen LogP contribution in [0.25, 0.3) is 0 Å². The second-order valence-corrected chi connectivity index (χ2v) is 6.23. The van der Waals surface area contributed by atoms with Gasteiger partial charge >= 0.3 is 0 Å². The lowest BCUT2D eigenvalue weighted by molar-refractivity contribution is 0.241. The fourth-order valence-electron chi connectivity index (χ4n) is 3.01. The van der Waals surface area contributed by atoms with Gasteiger partial charge in [0.25, 0.3) is 0 Å². The smallest absolute Gasteiger partial charge is 0.140 e. The lowest BCUT2D eigenvalue weighted by Gasteiger charge is -2.35. The quantitative estimate of drug-likeness (QED) is 0.869. The number of aromatic nitrogens is 1. The summed E-state index contributed by atoms with van der Waals surface area (Å²) < 4.78 is 18.4. The summed E-state index contributed by atoms with van der Waals surface area (Å²) in [5, 5.41) is 4.19. The van der Waals surface area contributed by atoms with Crippen LogP contribution in [0.4, 0.5) is 10.1 Å². The largest absolute Gasteiger partial charge is 0.369 e. The van der Waals surface area contributed by atoms with Crippen LogP contribution in [0.2, 0.25) is 0 Å². The molecule has 0 spiro atoms. The Morgan fingerprint density at radius 3 is 2.50 bits per heavy atom. The minimum atomic E-state index is -0.181. The topological polar surface area (TPSA) is 32.5 Å². The Hall–Kier alpha value is -1.88. The van der Waals surface area contributed by atoms with Crippen molar-refractivity contribution in [3.8, 4) is 0 Å². The lowest BCUT2D eigenvalue weighted by Crippen LogP contribution is -2.46. The highest BCUT2D eigenvalue weighted by molar-refractivity contribution is 5.46. The summed E-state index contributed by atoms with van der Waals surface area (Å²) in [5.41, 5.74) is 2.13. The summed E-state index contributed by atoms with van der Waals surface area (Å²) in [6.45, 7) is 4.75. The van der Waals surface area contributed by atoms with Gasteiger partial charge in [-0.05, 0) is 37.1 Å². The van der Waals surface area contributed by atoms with Crippen molar-refractivity contribution in [2.75, 3.05) is 31.1 Å². The van der Waals surface area contributed by atoms with Gasteiger partial charge in [-0.15, -0.1) is 0 Å². The van der Waals surface area contributed by atoms with Crippen molar-refractivity contribution in [3.05, 3.63) is 47.6 Å². The van der Waals surface area contributed by atoms with E-state index in [0.717, 1.165) is 49.9 Å². The Balaban J connectivity index is 1.32. The standard InChI is InChI=1S/C17H20FN3O/c18-14-3-5-16(6-4-14)21-9-7-20(8-10-21)12-15-11-17(22-19-15)13-1-2-13/h3-6,11,13H,1-2,7-10,12H2. The maximum Gasteiger partial charge on any atom is 0.140 e. The van der Waals surface area contributed by atoms with E-state index in [2.05, 4.69) is 21.0 Å². The zero-order valence-electron chi connectivity index (χ0n) is 12.5. The molecule has 2 fully saturated rings. The van der Waals surface area contributed by atoms with Crippen molar-refractivity contribution in [2.45, 2.75) is 25.3 Å². The first-order chi connectivity index (χ1) is 10.8. The molecule has 1 saturated heterocycles. The average Bonchev–Trinajstić information content (AvgIpc) is 3.29. The van der Waals surface area contributed by atoms with Crippen LogP contribution in [0.15, 0.2) is 34.9 Å². The Bertz CT molecular complexity index is 628. The molecule has 4 rings (SSSR count). The summed E-state index contributed by atoms with van der Waals surface area (Å²) in [6, 6.07) is 8.87. The molecule has 116 valence electrons. The average molecular weight is 301 g/mol. The van der Waals surface area contributed by atoms with Crippen LogP contribution in [-0.2, 0) is 6.54 Å². The monoisotopic (exact) mass is 301 g/mol. The fourth-order valence-corrected chi connectivity index (χ4v) is 3.01. The third kappa shape index (κ3) is 2.99. The van der Waals surface area contributed by atoms with Crippen molar-refractivity contribution in [1.29, 1.82) is 0 Å². The van der Waals surface area contributed by atoms with Crippen molar-refractivity contribution < 1.29 is 8.91 Å². The van der Waals surface area contributed by atoms with Crippen LogP contribution in [0.1, 0.15) is 30.2 Å². The second kappa shape index (κ2) is 5.72. The van der Waals surface area contributed by atoms with Gasteiger partial charge in [0.05, 0.1) is 5.69 Å². The SMILES string of the molecule is Fc1ccc(N2CCN(Cc3cc(C4CC4)on3)CC2)cc1. The molecule has 0 N–H and O–H groups in total. The van der Waals surface area contributed by atoms with E-state index >= 15 is 0 Å². The number of nitrogens with zero attached hydrogens (tertiary/aromatic N) is 3. The van der Waals surface area contributed by atoms with Gasteiger partial charge in [-0.25, -0.2) is 4.39 Å². The van der Waals surface area contributed by atoms with Crippen LogP contribution in [0.3, 0.4) is 0 Å². The zero-order valence-corrected chi connectivity index (χ0v) is 12.5. The summed E-state index contributed by atoms with van der Waals surface area (Å²) in [6.07, 6.45) is 2.48. The van der Waals surface area contributed by atoms with Crippen LogP contribution < -0.4 is 4.90 Å². The fraction of sp³-hybridized carbons (Fsp3) is 0.471. The summed E-state index contributed by atoms with van der Waals surface area (Å²) in [7, 11) is 0. The summed E-state index contributed by atoms with van der Waals surface area (Å²) in [4.78, 5) is 4.70. The first kappa shape index (κ1) is 13.8. The van der Waals surface area contributed by atoms with Crippen LogP contribution in [0, 0.1) is 5.82 Å². The molecule has 2 aliphatic rings. The Labute approximate surface area is 129 Å². The van der Waals surface area contributed by atoms with E-state index < -0.39 is 0 Å². The molecule has 0 radical (unpaired) electrons. The number of anilines is 1. The highest BCUT2D eigenvalue weighted by atomic mass is 19.1. The van der Waals surface area contributed by atoms with E-state index in [-0.39, 0.29) is 5.82 Å². The predicted molar refractivity (Wildman–Crippen MR) is 82.4 cm³/mol. The molecule has 0 atom stereocenters. The number of hydrogen-bond donors (Lipinski definition) is 0. The molecule has 1 aliphatic carbocycles. The number of hydrogen-bond acceptors (Lipinski definition) is 4. The van der Waals surface area contributed by atoms with E-state index in [1.54, 1.807) is 0 Å². The van der Waals surface area contributed by atoms with Crippen molar-refractivity contribution in [3.63, 3.8) is 0 Å². The molecular weight excluding hydrogens is 281 g/mol. The molecule has 0 unspecified atom stereocenters. The molecule has 2 aromatic rings. The molecule has 1 aliphatic heterocycles. The molecule has 5 heteroatoms. The van der Waals surface area contributed by atoms with Gasteiger partial charge in [-0.3, -0.25) is 4.90 Å². The third-order valence-electron chi connectivity index (χ3n) is 4.51. The molecule has 22 heavy (non-hydrogen) atoms. The molecule has 1 aromatic carbocycles. The van der Waals surface area contributed by atoms with Gasteiger partial charge in [0.1, 0.15) is 11.6 Å². The second-order valence-electron chi connectivity index (χ2n) is 6.23. The van der Waals surface area contributed by atoms with Gasteiger partial charge in [0, 0.05) is 50.4 Å². The molecule has 1 saturated carbocycles. The van der Waals surface area contributed by atoms with Gasteiger partial charge in [0.2, 0.25) is 0 Å². The number of benzene rings is 1. The molecule has 2 heterocycles. The molecule has 0 amide bonds. The van der Waals surface area contributed by atoms with Crippen molar-refractivity contribution in [1.82, 2.24) is 10.1 Å². The van der Waals surface area contributed by atoms with Crippen LogP contribution in [-0.4, -0.2) is 36.2 Å². The normalized spacial score (nSPS) is 19.6. The van der Waals surface area contributed by atoms with Crippen LogP contribution >= 0.6 is 0 Å². The molecule has 0 bridgehead atoms. The molecule has 4 nitrogen and oxygen atoms in total. The number of rotatable bonds is 4. The minimum Gasteiger partial charge on any atom is -0.369 e. The Morgan fingerprint density at radius 1 is 1.09 bits per heavy atom. The zero-order chi connectivity index (χ0) is 14.9. The molecule has 1 aromatic heterocycles. The van der Waals surface area contributed by atoms with Gasteiger partial charge < -0.3 is 9.42 Å². The number of piperazine rings is 1. The lowest BCUT2D eigenvalue weighted by atomic mass is 10.2. The maximum atomic E-state index is 13.0. The van der Waals surface area contributed by atoms with Gasteiger partial charge in [-0.1, -0.05) is 5.16 Å². The Morgan fingerprint density at radius 2 is 1.82 bits per heavy atom. The van der Waals surface area contributed by atoms with Crippen molar-refractivity contribution >= 4 is 5.69 Å². The van der Waals surface area contributed by atoms with Gasteiger partial charge in [-0.2, -0.15) is 0 Å². The maximum absolute atomic E-state index is 13.0. The van der Waals surface area contributed by atoms with Crippen molar-refractivity contribution in [2.24, 2.45) is 0 Å². The highest BCUT2D eigenvalue weighted by Gasteiger charge is 2.28. The van der Waals surface area contributed by atoms with E-state index in [1.807, 2.05) is 12.1 Å². The predicted octanol–water partition coefficient (Wildman–Crippen LogP) is 3.01. The first-order valence-corrected chi connectivity index (χ1v) is 7.96. The summed E-state index contributed by atoms with van der Waals surface area (Å²) >= 11 is 0. The summed E-state index contributed by atoms with van der Waals surface area (Å²) in [5.74, 6) is 1.50. The van der Waals surface area contributed by atoms with Gasteiger partial charge in [0.15, 0.2) is 0 Å². The van der Waals surface area contributed by atoms with E-state index in [0.29, 0.717) is 5.92 Å². The molecular formula is C17H20FN3O. The highest BCUT2D eigenvalue weighted by Crippen LogP contribution is 2.40. The van der Waals surface area contributed by atoms with E-state index in [4.69, 9.17) is 4.52 Å². The van der Waals surface area contributed by atoms with Crippen LogP contribution in [0.5, 0.6) is 0 Å².